The third-order valence-corrected chi connectivity index (χ3v) is 5.83. The molecule has 2 bridgehead atoms. The summed E-state index contributed by atoms with van der Waals surface area (Å²) in [7, 11) is 0. The van der Waals surface area contributed by atoms with E-state index in [1.54, 1.807) is 19.9 Å². The van der Waals surface area contributed by atoms with E-state index in [9.17, 15) is 14.4 Å². The summed E-state index contributed by atoms with van der Waals surface area (Å²) in [4.78, 5) is 37.1. The predicted molar refractivity (Wildman–Crippen MR) is 92.3 cm³/mol. The Hall–Kier alpha value is -2.41. The maximum Gasteiger partial charge on any atom is 0.341 e. The standard InChI is InChI=1S/C20H22O7/c1-5-10(3)17(21)25-14-8-20-16(27-20)13(26-19(20)23)7-9(2)6-12-15(14)11(4)18(22)24-12/h5-6,12-16H,4,7-8H2,1-3H3/b9-6+,10-5-. The van der Waals surface area contributed by atoms with E-state index in [0.29, 0.717) is 12.0 Å². The average molecular weight is 374 g/mol. The summed E-state index contributed by atoms with van der Waals surface area (Å²) < 4.78 is 22.4. The fourth-order valence-corrected chi connectivity index (χ4v) is 4.16. The summed E-state index contributed by atoms with van der Waals surface area (Å²) in [6.07, 6.45) is 1.95. The van der Waals surface area contributed by atoms with Crippen LogP contribution in [-0.4, -0.2) is 47.9 Å². The lowest BCUT2D eigenvalue weighted by Gasteiger charge is -2.27. The van der Waals surface area contributed by atoms with E-state index < -0.39 is 41.6 Å². The second kappa shape index (κ2) is 6.05. The van der Waals surface area contributed by atoms with Gasteiger partial charge in [0, 0.05) is 24.0 Å². The fraction of sp³-hybridized carbons (Fsp3) is 0.550. The van der Waals surface area contributed by atoms with Crippen LogP contribution in [0.5, 0.6) is 0 Å². The topological polar surface area (TPSA) is 91.4 Å². The molecule has 6 unspecified atom stereocenters. The first-order chi connectivity index (χ1) is 12.8. The molecule has 3 heterocycles. The minimum Gasteiger partial charge on any atom is -0.458 e. The van der Waals surface area contributed by atoms with E-state index in [2.05, 4.69) is 6.58 Å². The van der Waals surface area contributed by atoms with Gasteiger partial charge in [-0.25, -0.2) is 14.4 Å². The Balaban J connectivity index is 1.74. The molecule has 6 atom stereocenters. The molecule has 0 amide bonds. The molecule has 0 aromatic rings. The molecule has 7 nitrogen and oxygen atoms in total. The number of hydrogen-bond donors (Lipinski definition) is 0. The van der Waals surface area contributed by atoms with E-state index in [1.165, 1.54) is 0 Å². The van der Waals surface area contributed by atoms with Crippen LogP contribution in [0.1, 0.15) is 33.6 Å². The van der Waals surface area contributed by atoms with E-state index in [0.717, 1.165) is 5.57 Å². The van der Waals surface area contributed by atoms with Gasteiger partial charge in [-0.05, 0) is 26.8 Å². The van der Waals surface area contributed by atoms with Crippen LogP contribution < -0.4 is 0 Å². The summed E-state index contributed by atoms with van der Waals surface area (Å²) in [5.41, 5.74) is 0.460. The van der Waals surface area contributed by atoms with Gasteiger partial charge in [0.25, 0.3) is 0 Å². The van der Waals surface area contributed by atoms with Gasteiger partial charge in [0.05, 0.1) is 5.92 Å². The largest absolute Gasteiger partial charge is 0.458 e. The zero-order valence-electron chi connectivity index (χ0n) is 15.5. The molecule has 7 heteroatoms. The molecule has 0 N–H and O–H groups in total. The number of carbonyl (C=O) groups is 3. The van der Waals surface area contributed by atoms with Crippen LogP contribution in [0.3, 0.4) is 0 Å². The van der Waals surface area contributed by atoms with Gasteiger partial charge in [0.1, 0.15) is 24.4 Å². The van der Waals surface area contributed by atoms with Crippen molar-refractivity contribution in [3.8, 4) is 0 Å². The first-order valence-corrected chi connectivity index (χ1v) is 9.06. The molecule has 3 fully saturated rings. The zero-order chi connectivity index (χ0) is 19.5. The average Bonchev–Trinajstić information content (AvgIpc) is 3.20. The van der Waals surface area contributed by atoms with E-state index in [1.807, 2.05) is 13.0 Å². The van der Waals surface area contributed by atoms with Gasteiger partial charge in [-0.15, -0.1) is 0 Å². The lowest BCUT2D eigenvalue weighted by molar-refractivity contribution is -0.159. The van der Waals surface area contributed by atoms with Gasteiger partial charge in [-0.3, -0.25) is 0 Å². The van der Waals surface area contributed by atoms with Crippen LogP contribution in [0.25, 0.3) is 0 Å². The number of ether oxygens (including phenoxy) is 4. The van der Waals surface area contributed by atoms with Crippen molar-refractivity contribution >= 4 is 17.9 Å². The van der Waals surface area contributed by atoms with Crippen molar-refractivity contribution in [2.45, 2.75) is 63.6 Å². The summed E-state index contributed by atoms with van der Waals surface area (Å²) in [6.45, 7) is 9.10. The SMILES string of the molecule is C=C1C(=O)OC2/C=C(\C)CC3OC(=O)C4(CC(OC(=O)/C(C)=C\C)C12)OC34. The van der Waals surface area contributed by atoms with Gasteiger partial charge in [0.2, 0.25) is 0 Å². The highest BCUT2D eigenvalue weighted by Crippen LogP contribution is 2.53. The molecule has 0 aromatic heterocycles. The third kappa shape index (κ3) is 2.72. The number of fused-ring (bicyclic) bond motifs is 1. The molecule has 4 rings (SSSR count). The van der Waals surface area contributed by atoms with Crippen molar-refractivity contribution < 1.29 is 33.3 Å². The molecule has 27 heavy (non-hydrogen) atoms. The number of esters is 3. The van der Waals surface area contributed by atoms with Crippen molar-refractivity contribution in [2.24, 2.45) is 5.92 Å². The molecule has 3 aliphatic heterocycles. The first-order valence-electron chi connectivity index (χ1n) is 9.06. The van der Waals surface area contributed by atoms with Crippen molar-refractivity contribution in [1.82, 2.24) is 0 Å². The normalized spacial score (nSPS) is 42.3. The van der Waals surface area contributed by atoms with Crippen LogP contribution in [0.4, 0.5) is 0 Å². The number of allylic oxidation sites excluding steroid dienone is 1. The Morgan fingerprint density at radius 3 is 2.78 bits per heavy atom. The molecule has 0 aromatic carbocycles. The number of rotatable bonds is 2. The molecule has 144 valence electrons. The van der Waals surface area contributed by atoms with Crippen molar-refractivity contribution in [1.29, 1.82) is 0 Å². The highest BCUT2D eigenvalue weighted by Gasteiger charge is 2.74. The van der Waals surface area contributed by atoms with E-state index in [-0.39, 0.29) is 24.2 Å². The summed E-state index contributed by atoms with van der Waals surface area (Å²) in [5, 5.41) is 0. The maximum atomic E-state index is 12.5. The second-order valence-electron chi connectivity index (χ2n) is 7.63. The lowest BCUT2D eigenvalue weighted by Crippen LogP contribution is -2.39. The van der Waals surface area contributed by atoms with Crippen molar-refractivity contribution in [3.63, 3.8) is 0 Å². The Kier molecular flexibility index (Phi) is 4.03. The molecule has 0 saturated carbocycles. The lowest BCUT2D eigenvalue weighted by atomic mass is 9.82. The minimum atomic E-state index is -1.12. The van der Waals surface area contributed by atoms with Gasteiger partial charge < -0.3 is 18.9 Å². The van der Waals surface area contributed by atoms with Gasteiger partial charge in [-0.2, -0.15) is 0 Å². The van der Waals surface area contributed by atoms with E-state index >= 15 is 0 Å². The summed E-state index contributed by atoms with van der Waals surface area (Å²) in [5.74, 6) is -2.05. The Morgan fingerprint density at radius 1 is 1.37 bits per heavy atom. The Bertz CT molecular complexity index is 807. The summed E-state index contributed by atoms with van der Waals surface area (Å²) >= 11 is 0. The number of hydrogen-bond acceptors (Lipinski definition) is 7. The third-order valence-electron chi connectivity index (χ3n) is 5.83. The summed E-state index contributed by atoms with van der Waals surface area (Å²) in [6, 6.07) is 0. The first kappa shape index (κ1) is 18.0. The molecular formula is C20H22O7. The minimum absolute atomic E-state index is 0.111. The predicted octanol–water partition coefficient (Wildman–Crippen LogP) is 1.77. The molecule has 1 aliphatic carbocycles. The van der Waals surface area contributed by atoms with Crippen LogP contribution >= 0.6 is 0 Å². The van der Waals surface area contributed by atoms with Crippen LogP contribution in [0.2, 0.25) is 0 Å². The zero-order valence-corrected chi connectivity index (χ0v) is 15.5. The quantitative estimate of drug-likeness (QED) is 0.239. The van der Waals surface area contributed by atoms with Crippen LogP contribution in [0, 0.1) is 5.92 Å². The molecule has 3 saturated heterocycles. The maximum absolute atomic E-state index is 12.5. The van der Waals surface area contributed by atoms with E-state index in [4.69, 9.17) is 18.9 Å². The molecule has 0 spiro atoms. The molecule has 0 radical (unpaired) electrons. The Morgan fingerprint density at radius 2 is 2.11 bits per heavy atom. The Labute approximate surface area is 157 Å². The van der Waals surface area contributed by atoms with Crippen LogP contribution in [-0.2, 0) is 33.3 Å². The highest BCUT2D eigenvalue weighted by atomic mass is 16.7. The number of carbonyl (C=O) groups excluding carboxylic acids is 3. The van der Waals surface area contributed by atoms with Crippen LogP contribution in [0.15, 0.2) is 35.5 Å². The monoisotopic (exact) mass is 374 g/mol. The highest BCUT2D eigenvalue weighted by molar-refractivity contribution is 5.92. The smallest absolute Gasteiger partial charge is 0.341 e. The number of epoxide rings is 1. The molecular weight excluding hydrogens is 352 g/mol. The van der Waals surface area contributed by atoms with Crippen molar-refractivity contribution in [3.05, 3.63) is 35.5 Å². The second-order valence-corrected chi connectivity index (χ2v) is 7.63. The van der Waals surface area contributed by atoms with Gasteiger partial charge in [-0.1, -0.05) is 18.2 Å². The van der Waals surface area contributed by atoms with Gasteiger partial charge in [0.15, 0.2) is 5.60 Å². The van der Waals surface area contributed by atoms with Crippen molar-refractivity contribution in [2.75, 3.05) is 0 Å². The van der Waals surface area contributed by atoms with Gasteiger partial charge >= 0.3 is 17.9 Å². The molecule has 4 aliphatic rings. The fourth-order valence-electron chi connectivity index (χ4n) is 4.16.